The van der Waals surface area contributed by atoms with Crippen LogP contribution in [0, 0.1) is 5.92 Å². The van der Waals surface area contributed by atoms with E-state index in [0.717, 1.165) is 17.4 Å². The third kappa shape index (κ3) is 2.99. The number of hydrogen-bond acceptors (Lipinski definition) is 0. The minimum absolute atomic E-state index is 0.715. The second-order valence-corrected chi connectivity index (χ2v) is 4.93. The average Bonchev–Trinajstić information content (AvgIpc) is 2.24. The summed E-state index contributed by atoms with van der Waals surface area (Å²) in [5, 5.41) is 1.52. The molecule has 15 heavy (non-hydrogen) atoms. The first-order valence-electron chi connectivity index (χ1n) is 5.34. The molecule has 0 unspecified atom stereocenters. The highest BCUT2D eigenvalue weighted by Gasteiger charge is 2.12. The highest BCUT2D eigenvalue weighted by Crippen LogP contribution is 2.27. The van der Waals surface area contributed by atoms with Crippen molar-refractivity contribution < 1.29 is 0 Å². The minimum Gasteiger partial charge on any atom is -0.0885 e. The lowest BCUT2D eigenvalue weighted by Gasteiger charge is -2.18. The molecule has 1 aliphatic rings. The molecule has 1 aliphatic carbocycles. The van der Waals surface area contributed by atoms with Crippen LogP contribution < -0.4 is 0 Å². The van der Waals surface area contributed by atoms with Gasteiger partial charge < -0.3 is 0 Å². The van der Waals surface area contributed by atoms with E-state index in [0.29, 0.717) is 5.02 Å². The van der Waals surface area contributed by atoms with Crippen LogP contribution in [0.4, 0.5) is 0 Å². The molecule has 0 fully saturated rings. The van der Waals surface area contributed by atoms with Gasteiger partial charge in [0.1, 0.15) is 0 Å². The zero-order valence-electron chi connectivity index (χ0n) is 8.55. The van der Waals surface area contributed by atoms with E-state index in [1.807, 2.05) is 18.2 Å². The molecule has 1 aromatic rings. The molecule has 0 saturated heterocycles. The fraction of sp³-hybridized carbons (Fsp3) is 0.385. The molecule has 0 aromatic heterocycles. The van der Waals surface area contributed by atoms with Crippen LogP contribution in [0.3, 0.4) is 0 Å². The molecule has 0 N–H and O–H groups in total. The van der Waals surface area contributed by atoms with Gasteiger partial charge in [0.05, 0.1) is 0 Å². The zero-order chi connectivity index (χ0) is 10.7. The van der Waals surface area contributed by atoms with E-state index in [9.17, 15) is 0 Å². The van der Waals surface area contributed by atoms with Gasteiger partial charge >= 0.3 is 0 Å². The van der Waals surface area contributed by atoms with Gasteiger partial charge in [-0.3, -0.25) is 0 Å². The van der Waals surface area contributed by atoms with Crippen LogP contribution >= 0.6 is 23.2 Å². The Morgan fingerprint density at radius 3 is 2.73 bits per heavy atom. The van der Waals surface area contributed by atoms with E-state index in [1.54, 1.807) is 0 Å². The van der Waals surface area contributed by atoms with Gasteiger partial charge in [-0.1, -0.05) is 41.4 Å². The highest BCUT2D eigenvalue weighted by atomic mass is 35.5. The quantitative estimate of drug-likeness (QED) is 0.646. The van der Waals surface area contributed by atoms with Crippen molar-refractivity contribution in [3.8, 4) is 0 Å². The normalized spacial score (nSPS) is 20.5. The molecule has 80 valence electrons. The summed E-state index contributed by atoms with van der Waals surface area (Å²) in [6.07, 6.45) is 9.27. The summed E-state index contributed by atoms with van der Waals surface area (Å²) in [6.45, 7) is 0. The third-order valence-corrected chi connectivity index (χ3v) is 3.49. The van der Waals surface area contributed by atoms with Crippen LogP contribution in [0.5, 0.6) is 0 Å². The van der Waals surface area contributed by atoms with Crippen LogP contribution in [0.1, 0.15) is 24.8 Å². The standard InChI is InChI=1S/C13H14Cl2/c14-12-7-6-11(13(15)9-12)8-10-4-2-1-3-5-10/h1-2,6-7,9-10H,3-5,8H2/t10-/m1/s1. The number of rotatable bonds is 2. The second-order valence-electron chi connectivity index (χ2n) is 4.09. The molecule has 0 nitrogen and oxygen atoms in total. The Kier molecular flexibility index (Phi) is 3.71. The molecule has 0 amide bonds. The van der Waals surface area contributed by atoms with Crippen molar-refractivity contribution in [1.29, 1.82) is 0 Å². The molecular weight excluding hydrogens is 227 g/mol. The Morgan fingerprint density at radius 1 is 1.20 bits per heavy atom. The topological polar surface area (TPSA) is 0 Å². The molecule has 0 spiro atoms. The first-order chi connectivity index (χ1) is 7.25. The second kappa shape index (κ2) is 5.05. The van der Waals surface area contributed by atoms with E-state index in [4.69, 9.17) is 23.2 Å². The summed E-state index contributed by atoms with van der Waals surface area (Å²) in [4.78, 5) is 0. The Morgan fingerprint density at radius 2 is 2.07 bits per heavy atom. The largest absolute Gasteiger partial charge is 0.0885 e. The lowest BCUT2D eigenvalue weighted by atomic mass is 9.88. The predicted octanol–water partition coefficient (Wildman–Crippen LogP) is 4.89. The molecule has 2 heteroatoms. The molecule has 0 saturated carbocycles. The summed E-state index contributed by atoms with van der Waals surface area (Å²) in [6, 6.07) is 5.79. The van der Waals surface area contributed by atoms with E-state index < -0.39 is 0 Å². The number of hydrogen-bond donors (Lipinski definition) is 0. The molecular formula is C13H14Cl2. The van der Waals surface area contributed by atoms with Gasteiger partial charge in [0, 0.05) is 10.0 Å². The van der Waals surface area contributed by atoms with Crippen molar-refractivity contribution in [2.75, 3.05) is 0 Å². The van der Waals surface area contributed by atoms with Crippen molar-refractivity contribution in [2.24, 2.45) is 5.92 Å². The smallest absolute Gasteiger partial charge is 0.0452 e. The van der Waals surface area contributed by atoms with Gasteiger partial charge in [-0.05, 0) is 49.3 Å². The maximum Gasteiger partial charge on any atom is 0.0452 e. The van der Waals surface area contributed by atoms with Crippen LogP contribution in [-0.4, -0.2) is 0 Å². The molecule has 0 heterocycles. The Bertz CT molecular complexity index is 369. The number of benzene rings is 1. The van der Waals surface area contributed by atoms with Gasteiger partial charge in [0.25, 0.3) is 0 Å². The fourth-order valence-electron chi connectivity index (χ4n) is 2.04. The van der Waals surface area contributed by atoms with Crippen LogP contribution in [0.15, 0.2) is 30.4 Å². The monoisotopic (exact) mass is 240 g/mol. The van der Waals surface area contributed by atoms with Gasteiger partial charge in [-0.15, -0.1) is 0 Å². The maximum absolute atomic E-state index is 6.15. The third-order valence-electron chi connectivity index (χ3n) is 2.90. The average molecular weight is 241 g/mol. The first-order valence-corrected chi connectivity index (χ1v) is 6.10. The summed E-state index contributed by atoms with van der Waals surface area (Å²) in [7, 11) is 0. The lowest BCUT2D eigenvalue weighted by molar-refractivity contribution is 0.477. The van der Waals surface area contributed by atoms with Crippen molar-refractivity contribution in [3.63, 3.8) is 0 Å². The molecule has 2 rings (SSSR count). The van der Waals surface area contributed by atoms with Crippen molar-refractivity contribution >= 4 is 23.2 Å². The molecule has 0 aliphatic heterocycles. The fourth-order valence-corrected chi connectivity index (χ4v) is 2.53. The molecule has 0 radical (unpaired) electrons. The van der Waals surface area contributed by atoms with E-state index in [-0.39, 0.29) is 0 Å². The van der Waals surface area contributed by atoms with Crippen LogP contribution in [-0.2, 0) is 6.42 Å². The van der Waals surface area contributed by atoms with Crippen molar-refractivity contribution in [1.82, 2.24) is 0 Å². The van der Waals surface area contributed by atoms with Crippen molar-refractivity contribution in [3.05, 3.63) is 46.0 Å². The Balaban J connectivity index is 2.06. The SMILES string of the molecule is Clc1ccc(C[C@@H]2CC=CCC2)c(Cl)c1. The van der Waals surface area contributed by atoms with Crippen LogP contribution in [0.2, 0.25) is 10.0 Å². The predicted molar refractivity (Wildman–Crippen MR) is 66.6 cm³/mol. The summed E-state index contributed by atoms with van der Waals surface area (Å²) in [5.41, 5.74) is 1.22. The van der Waals surface area contributed by atoms with E-state index >= 15 is 0 Å². The minimum atomic E-state index is 0.715. The number of halogens is 2. The van der Waals surface area contributed by atoms with E-state index in [1.165, 1.54) is 24.8 Å². The summed E-state index contributed by atoms with van der Waals surface area (Å²) < 4.78 is 0. The molecule has 1 atom stereocenters. The lowest BCUT2D eigenvalue weighted by Crippen LogP contribution is -2.06. The number of allylic oxidation sites excluding steroid dienone is 2. The van der Waals surface area contributed by atoms with Gasteiger partial charge in [-0.25, -0.2) is 0 Å². The zero-order valence-corrected chi connectivity index (χ0v) is 10.1. The van der Waals surface area contributed by atoms with Gasteiger partial charge in [0.15, 0.2) is 0 Å². The van der Waals surface area contributed by atoms with Gasteiger partial charge in [-0.2, -0.15) is 0 Å². The Hall–Kier alpha value is -0.460. The summed E-state index contributed by atoms with van der Waals surface area (Å²) >= 11 is 12.0. The van der Waals surface area contributed by atoms with E-state index in [2.05, 4.69) is 12.2 Å². The highest BCUT2D eigenvalue weighted by molar-refractivity contribution is 6.35. The van der Waals surface area contributed by atoms with Crippen LogP contribution in [0.25, 0.3) is 0 Å². The first kappa shape index (κ1) is 11.0. The van der Waals surface area contributed by atoms with Crippen molar-refractivity contribution in [2.45, 2.75) is 25.7 Å². The Labute approximate surface area is 101 Å². The summed E-state index contributed by atoms with van der Waals surface area (Å²) in [5.74, 6) is 0.744. The molecule has 0 bridgehead atoms. The van der Waals surface area contributed by atoms with Gasteiger partial charge in [0.2, 0.25) is 0 Å². The molecule has 1 aromatic carbocycles. The maximum atomic E-state index is 6.15.